The highest BCUT2D eigenvalue weighted by atomic mass is 16.5. The average Bonchev–Trinajstić information content (AvgIpc) is 3.53. The maximum absolute atomic E-state index is 13.4. The van der Waals surface area contributed by atoms with Crippen LogP contribution in [0.25, 0.3) is 6.08 Å². The van der Waals surface area contributed by atoms with Crippen LogP contribution in [0.4, 0.5) is 0 Å². The Hall–Kier alpha value is -4.26. The Bertz CT molecular complexity index is 1290. The van der Waals surface area contributed by atoms with Crippen LogP contribution in [-0.4, -0.2) is 34.9 Å². The summed E-state index contributed by atoms with van der Waals surface area (Å²) in [6.45, 7) is 5.08. The van der Waals surface area contributed by atoms with E-state index in [1.807, 2.05) is 37.3 Å². The number of furan rings is 1. The van der Waals surface area contributed by atoms with Crippen molar-refractivity contribution in [3.63, 3.8) is 0 Å². The fraction of sp³-hybridized carbons (Fsp3) is 0.290. The zero-order valence-electron chi connectivity index (χ0n) is 21.8. The van der Waals surface area contributed by atoms with Crippen molar-refractivity contribution in [2.24, 2.45) is 0 Å². The van der Waals surface area contributed by atoms with Crippen molar-refractivity contribution >= 4 is 17.8 Å². The molecule has 4 rings (SSSR count). The molecule has 0 aliphatic carbocycles. The third kappa shape index (κ3) is 6.17. The molecule has 1 unspecified atom stereocenters. The summed E-state index contributed by atoms with van der Waals surface area (Å²) in [5.74, 6) is -0.0125. The monoisotopic (exact) mass is 515 g/mol. The maximum atomic E-state index is 13.4. The number of carbonyl (C=O) groups excluding carboxylic acids is 2. The van der Waals surface area contributed by atoms with Crippen LogP contribution < -0.4 is 9.47 Å². The second-order valence-corrected chi connectivity index (χ2v) is 8.98. The minimum atomic E-state index is -0.839. The molecular formula is C31H33NO6. The number of carbonyl (C=O) groups is 2. The van der Waals surface area contributed by atoms with Gasteiger partial charge in [-0.15, -0.1) is 0 Å². The van der Waals surface area contributed by atoms with Crippen LogP contribution in [0.15, 0.2) is 88.8 Å². The molecule has 2 heterocycles. The first-order chi connectivity index (χ1) is 18.5. The van der Waals surface area contributed by atoms with Crippen LogP contribution in [0.5, 0.6) is 11.5 Å². The van der Waals surface area contributed by atoms with Crippen molar-refractivity contribution in [2.45, 2.75) is 45.7 Å². The summed E-state index contributed by atoms with van der Waals surface area (Å²) < 4.78 is 17.3. The molecule has 1 amide bonds. The number of ether oxygens (including phenoxy) is 2. The molecule has 1 atom stereocenters. The standard InChI is InChI=1S/C31H33NO6/c1-3-5-9-18-38-26-17-15-23(20-27(26)36-4-2)29-28(25(33)16-14-22-11-7-6-8-12-22)30(34)31(35)32(29)21-24-13-10-19-37-24/h6-8,10-17,19-20,29,34H,3-5,9,18,21H2,1-2H3/b16-14+. The number of hydrogen-bond acceptors (Lipinski definition) is 6. The Morgan fingerprint density at radius 1 is 1.03 bits per heavy atom. The van der Waals surface area contributed by atoms with E-state index in [9.17, 15) is 14.7 Å². The summed E-state index contributed by atoms with van der Waals surface area (Å²) in [6, 6.07) is 17.4. The van der Waals surface area contributed by atoms with Crippen molar-refractivity contribution < 1.29 is 28.6 Å². The van der Waals surface area contributed by atoms with Gasteiger partial charge in [0, 0.05) is 0 Å². The van der Waals surface area contributed by atoms with Crippen LogP contribution in [0.2, 0.25) is 0 Å². The number of unbranched alkanes of at least 4 members (excludes halogenated alkanes) is 2. The van der Waals surface area contributed by atoms with Crippen molar-refractivity contribution in [2.75, 3.05) is 13.2 Å². The lowest BCUT2D eigenvalue weighted by molar-refractivity contribution is -0.130. The first-order valence-corrected chi connectivity index (χ1v) is 13.0. The van der Waals surface area contributed by atoms with Gasteiger partial charge in [0.15, 0.2) is 23.0 Å². The fourth-order valence-electron chi connectivity index (χ4n) is 4.43. The molecule has 198 valence electrons. The predicted octanol–water partition coefficient (Wildman–Crippen LogP) is 6.43. The summed E-state index contributed by atoms with van der Waals surface area (Å²) in [4.78, 5) is 28.1. The molecule has 3 aromatic rings. The van der Waals surface area contributed by atoms with Gasteiger partial charge >= 0.3 is 0 Å². The van der Waals surface area contributed by atoms with E-state index in [4.69, 9.17) is 13.9 Å². The zero-order chi connectivity index (χ0) is 26.9. The number of benzene rings is 2. The van der Waals surface area contributed by atoms with Crippen molar-refractivity contribution in [1.29, 1.82) is 0 Å². The largest absolute Gasteiger partial charge is 0.503 e. The number of nitrogens with zero attached hydrogens (tertiary/aromatic N) is 1. The Morgan fingerprint density at radius 3 is 2.55 bits per heavy atom. The van der Waals surface area contributed by atoms with Gasteiger partial charge < -0.3 is 23.9 Å². The summed E-state index contributed by atoms with van der Waals surface area (Å²) >= 11 is 0. The van der Waals surface area contributed by atoms with Gasteiger partial charge in [-0.3, -0.25) is 9.59 Å². The predicted molar refractivity (Wildman–Crippen MR) is 145 cm³/mol. The van der Waals surface area contributed by atoms with E-state index < -0.39 is 23.5 Å². The smallest absolute Gasteiger partial charge is 0.290 e. The third-order valence-electron chi connectivity index (χ3n) is 6.29. The highest BCUT2D eigenvalue weighted by molar-refractivity contribution is 6.14. The lowest BCUT2D eigenvalue weighted by Gasteiger charge is -2.26. The van der Waals surface area contributed by atoms with Gasteiger partial charge in [-0.1, -0.05) is 62.2 Å². The normalized spacial score (nSPS) is 15.5. The SMILES string of the molecule is CCCCCOc1ccc(C2C(C(=O)/C=C/c3ccccc3)=C(O)C(=O)N2Cc2ccco2)cc1OCC. The number of aliphatic hydroxyl groups excluding tert-OH is 1. The Kier molecular flexibility index (Phi) is 9.03. The van der Waals surface area contributed by atoms with Crippen LogP contribution in [0.1, 0.15) is 56.0 Å². The first-order valence-electron chi connectivity index (χ1n) is 13.0. The van der Waals surface area contributed by atoms with Gasteiger partial charge in [0.1, 0.15) is 5.76 Å². The molecular weight excluding hydrogens is 482 g/mol. The van der Waals surface area contributed by atoms with Crippen LogP contribution >= 0.6 is 0 Å². The summed E-state index contributed by atoms with van der Waals surface area (Å²) in [6.07, 6.45) is 7.66. The van der Waals surface area contributed by atoms with Gasteiger partial charge in [-0.25, -0.2) is 0 Å². The molecule has 0 spiro atoms. The van der Waals surface area contributed by atoms with Crippen LogP contribution in [0.3, 0.4) is 0 Å². The van der Waals surface area contributed by atoms with E-state index >= 15 is 0 Å². The molecule has 2 aromatic carbocycles. The molecule has 0 saturated carbocycles. The Labute approximate surface area is 223 Å². The summed E-state index contributed by atoms with van der Waals surface area (Å²) in [7, 11) is 0. The molecule has 0 fully saturated rings. The molecule has 0 bridgehead atoms. The number of aliphatic hydroxyl groups is 1. The molecule has 0 radical (unpaired) electrons. The number of rotatable bonds is 13. The molecule has 1 aromatic heterocycles. The Morgan fingerprint density at radius 2 is 1.84 bits per heavy atom. The van der Waals surface area contributed by atoms with Gasteiger partial charge in [0.05, 0.1) is 37.6 Å². The van der Waals surface area contributed by atoms with E-state index in [0.717, 1.165) is 24.8 Å². The maximum Gasteiger partial charge on any atom is 0.290 e. The molecule has 1 aliphatic rings. The third-order valence-corrected chi connectivity index (χ3v) is 6.29. The molecule has 38 heavy (non-hydrogen) atoms. The van der Waals surface area contributed by atoms with Gasteiger partial charge in [-0.2, -0.15) is 0 Å². The van der Waals surface area contributed by atoms with E-state index in [2.05, 4.69) is 6.92 Å². The van der Waals surface area contributed by atoms with Gasteiger partial charge in [-0.05, 0) is 54.8 Å². The van der Waals surface area contributed by atoms with Gasteiger partial charge in [0.2, 0.25) is 0 Å². The second-order valence-electron chi connectivity index (χ2n) is 8.98. The zero-order valence-corrected chi connectivity index (χ0v) is 21.8. The molecule has 7 heteroatoms. The minimum absolute atomic E-state index is 0.00722. The number of allylic oxidation sites excluding steroid dienone is 1. The number of ketones is 1. The first kappa shape index (κ1) is 26.8. The van der Waals surface area contributed by atoms with Gasteiger partial charge in [0.25, 0.3) is 5.91 Å². The molecule has 0 saturated heterocycles. The topological polar surface area (TPSA) is 89.2 Å². The van der Waals surface area contributed by atoms with E-state index in [1.165, 1.54) is 17.2 Å². The van der Waals surface area contributed by atoms with Crippen molar-refractivity contribution in [1.82, 2.24) is 4.90 Å². The highest BCUT2D eigenvalue weighted by Crippen LogP contribution is 2.42. The van der Waals surface area contributed by atoms with E-state index in [-0.39, 0.29) is 12.1 Å². The number of amides is 1. The fourth-order valence-corrected chi connectivity index (χ4v) is 4.43. The number of hydrogen-bond donors (Lipinski definition) is 1. The van der Waals surface area contributed by atoms with Crippen LogP contribution in [0, 0.1) is 0 Å². The molecule has 7 nitrogen and oxygen atoms in total. The minimum Gasteiger partial charge on any atom is -0.503 e. The second kappa shape index (κ2) is 12.8. The molecule has 1 N–H and O–H groups in total. The molecule has 1 aliphatic heterocycles. The van der Waals surface area contributed by atoms with E-state index in [0.29, 0.717) is 36.0 Å². The van der Waals surface area contributed by atoms with E-state index in [1.54, 1.807) is 36.4 Å². The van der Waals surface area contributed by atoms with Crippen molar-refractivity contribution in [3.8, 4) is 11.5 Å². The summed E-state index contributed by atoms with van der Waals surface area (Å²) in [5, 5.41) is 10.9. The Balaban J connectivity index is 1.70. The van der Waals surface area contributed by atoms with Crippen LogP contribution in [-0.2, 0) is 16.1 Å². The lowest BCUT2D eigenvalue weighted by Crippen LogP contribution is -2.30. The highest BCUT2D eigenvalue weighted by Gasteiger charge is 2.43. The average molecular weight is 516 g/mol. The van der Waals surface area contributed by atoms with Crippen molar-refractivity contribution in [3.05, 3.63) is 101 Å². The summed E-state index contributed by atoms with van der Waals surface area (Å²) in [5.41, 5.74) is 1.46. The lowest BCUT2D eigenvalue weighted by atomic mass is 9.95. The quantitative estimate of drug-likeness (QED) is 0.209.